The van der Waals surface area contributed by atoms with E-state index in [4.69, 9.17) is 14.2 Å². The normalized spacial score (nSPS) is 55.6. The number of aliphatic hydroxyl groups is 4. The van der Waals surface area contributed by atoms with Crippen LogP contribution < -0.4 is 0 Å². The minimum absolute atomic E-state index is 0.0661. The van der Waals surface area contributed by atoms with Crippen molar-refractivity contribution in [3.8, 4) is 0 Å². The summed E-state index contributed by atoms with van der Waals surface area (Å²) < 4.78 is 17.2. The molecule has 4 N–H and O–H groups in total. The molecule has 6 aliphatic rings. The van der Waals surface area contributed by atoms with E-state index in [1.807, 2.05) is 0 Å². The largest absolute Gasteiger partial charge is 0.458 e. The molecular formula is C29H44O8. The van der Waals surface area contributed by atoms with E-state index in [2.05, 4.69) is 13.8 Å². The Balaban J connectivity index is 1.16. The van der Waals surface area contributed by atoms with Gasteiger partial charge in [0.05, 0.1) is 17.8 Å². The molecule has 13 atom stereocenters. The monoisotopic (exact) mass is 520 g/mol. The third-order valence-corrected chi connectivity index (χ3v) is 12.1. The Hall–Kier alpha value is -1.03. The Morgan fingerprint density at radius 1 is 0.946 bits per heavy atom. The van der Waals surface area contributed by atoms with Crippen LogP contribution in [0.3, 0.4) is 0 Å². The number of carbonyl (C=O) groups excluding carboxylic acids is 1. The lowest BCUT2D eigenvalue weighted by Crippen LogP contribution is -2.62. The van der Waals surface area contributed by atoms with Gasteiger partial charge in [-0.25, -0.2) is 4.79 Å². The molecule has 208 valence electrons. The number of rotatable bonds is 3. The first-order chi connectivity index (χ1) is 17.5. The Morgan fingerprint density at radius 2 is 1.73 bits per heavy atom. The zero-order chi connectivity index (χ0) is 26.3. The van der Waals surface area contributed by atoms with E-state index in [9.17, 15) is 25.2 Å². The molecule has 1 saturated heterocycles. The summed E-state index contributed by atoms with van der Waals surface area (Å²) in [5.74, 6) is 1.14. The van der Waals surface area contributed by atoms with Crippen LogP contribution in [0, 0.1) is 34.5 Å². The quantitative estimate of drug-likeness (QED) is 0.330. The van der Waals surface area contributed by atoms with Crippen molar-refractivity contribution in [1.29, 1.82) is 0 Å². The zero-order valence-corrected chi connectivity index (χ0v) is 22.3. The van der Waals surface area contributed by atoms with Crippen LogP contribution in [-0.2, 0) is 19.0 Å². The van der Waals surface area contributed by atoms with Crippen LogP contribution in [0.4, 0.5) is 0 Å². The van der Waals surface area contributed by atoms with Gasteiger partial charge in [-0.05, 0) is 99.4 Å². The highest BCUT2D eigenvalue weighted by Crippen LogP contribution is 2.70. The molecule has 37 heavy (non-hydrogen) atoms. The zero-order valence-electron chi connectivity index (χ0n) is 22.3. The van der Waals surface area contributed by atoms with E-state index < -0.39 is 36.3 Å². The maximum atomic E-state index is 12.4. The molecule has 2 aliphatic heterocycles. The molecule has 0 bridgehead atoms. The van der Waals surface area contributed by atoms with Gasteiger partial charge in [-0.2, -0.15) is 0 Å². The average molecular weight is 521 g/mol. The highest BCUT2D eigenvalue weighted by atomic mass is 16.7. The van der Waals surface area contributed by atoms with Gasteiger partial charge in [-0.15, -0.1) is 0 Å². The molecule has 4 saturated carbocycles. The molecule has 2 heterocycles. The predicted octanol–water partition coefficient (Wildman–Crippen LogP) is 2.46. The van der Waals surface area contributed by atoms with Crippen molar-refractivity contribution in [3.05, 3.63) is 11.6 Å². The molecule has 2 unspecified atom stereocenters. The van der Waals surface area contributed by atoms with Crippen LogP contribution in [0.2, 0.25) is 0 Å². The van der Waals surface area contributed by atoms with E-state index in [-0.39, 0.29) is 34.7 Å². The summed E-state index contributed by atoms with van der Waals surface area (Å²) in [7, 11) is 0. The van der Waals surface area contributed by atoms with Crippen LogP contribution >= 0.6 is 0 Å². The molecule has 0 aromatic rings. The number of fused-ring (bicyclic) bond motifs is 5. The van der Waals surface area contributed by atoms with Gasteiger partial charge in [0, 0.05) is 11.5 Å². The average Bonchev–Trinajstić information content (AvgIpc) is 3.41. The SMILES string of the molecule is C[C@@H]1O[C@@H](O[C@H]2CC[C@@]3(C)C(CC[C@@H]4C3CC[C@]3(C)[C@@H](C5=CC(=O)OC5)CC[C@]43O)C2)[C@H](O)[C@H](O)[C@H]1O. The number of hydrogen-bond donors (Lipinski definition) is 4. The number of carbonyl (C=O) groups is 1. The molecular weight excluding hydrogens is 476 g/mol. The molecule has 0 radical (unpaired) electrons. The number of aliphatic hydroxyl groups excluding tert-OH is 3. The summed E-state index contributed by atoms with van der Waals surface area (Å²) in [5.41, 5.74) is 0.243. The third kappa shape index (κ3) is 3.80. The first-order valence-electron chi connectivity index (χ1n) is 14.4. The second kappa shape index (κ2) is 9.00. The molecule has 8 nitrogen and oxygen atoms in total. The predicted molar refractivity (Wildman–Crippen MR) is 133 cm³/mol. The highest BCUT2D eigenvalue weighted by Gasteiger charge is 2.67. The first-order valence-corrected chi connectivity index (χ1v) is 14.4. The van der Waals surface area contributed by atoms with Crippen molar-refractivity contribution in [2.24, 2.45) is 34.5 Å². The smallest absolute Gasteiger partial charge is 0.331 e. The molecule has 0 aromatic heterocycles. The van der Waals surface area contributed by atoms with Crippen molar-refractivity contribution in [3.63, 3.8) is 0 Å². The fourth-order valence-corrected chi connectivity index (χ4v) is 9.81. The second-order valence-corrected chi connectivity index (χ2v) is 13.5. The fourth-order valence-electron chi connectivity index (χ4n) is 9.81. The third-order valence-electron chi connectivity index (χ3n) is 12.1. The minimum Gasteiger partial charge on any atom is -0.458 e. The van der Waals surface area contributed by atoms with Gasteiger partial charge >= 0.3 is 5.97 Å². The molecule has 0 spiro atoms. The summed E-state index contributed by atoms with van der Waals surface area (Å²) >= 11 is 0. The fraction of sp³-hybridized carbons (Fsp3) is 0.897. The van der Waals surface area contributed by atoms with E-state index in [1.165, 1.54) is 0 Å². The highest BCUT2D eigenvalue weighted by molar-refractivity contribution is 5.85. The maximum absolute atomic E-state index is 12.4. The van der Waals surface area contributed by atoms with Gasteiger partial charge in [0.25, 0.3) is 0 Å². The maximum Gasteiger partial charge on any atom is 0.331 e. The van der Waals surface area contributed by atoms with Crippen molar-refractivity contribution in [2.75, 3.05) is 6.61 Å². The number of ether oxygens (including phenoxy) is 3. The van der Waals surface area contributed by atoms with E-state index in [0.29, 0.717) is 18.4 Å². The lowest BCUT2D eigenvalue weighted by molar-refractivity contribution is -0.310. The molecule has 0 amide bonds. The van der Waals surface area contributed by atoms with Gasteiger partial charge in [-0.1, -0.05) is 13.8 Å². The van der Waals surface area contributed by atoms with E-state index >= 15 is 0 Å². The van der Waals surface area contributed by atoms with E-state index in [0.717, 1.165) is 63.4 Å². The van der Waals surface area contributed by atoms with Gasteiger partial charge in [-0.3, -0.25) is 0 Å². The summed E-state index contributed by atoms with van der Waals surface area (Å²) in [6.45, 7) is 6.73. The lowest BCUT2D eigenvalue weighted by atomic mass is 9.43. The number of esters is 1. The lowest BCUT2D eigenvalue weighted by Gasteiger charge is -2.64. The van der Waals surface area contributed by atoms with Gasteiger partial charge in [0.2, 0.25) is 0 Å². The minimum atomic E-state index is -1.28. The number of cyclic esters (lactones) is 1. The summed E-state index contributed by atoms with van der Waals surface area (Å²) in [6, 6.07) is 0. The Kier molecular flexibility index (Phi) is 6.37. The van der Waals surface area contributed by atoms with Crippen molar-refractivity contribution < 1.29 is 39.4 Å². The van der Waals surface area contributed by atoms with Gasteiger partial charge in [0.1, 0.15) is 24.9 Å². The number of hydrogen-bond acceptors (Lipinski definition) is 8. The van der Waals surface area contributed by atoms with Crippen LogP contribution in [0.25, 0.3) is 0 Å². The van der Waals surface area contributed by atoms with Crippen LogP contribution in [0.15, 0.2) is 11.6 Å². The topological polar surface area (TPSA) is 126 Å². The molecule has 5 fully saturated rings. The van der Waals surface area contributed by atoms with Crippen molar-refractivity contribution in [2.45, 2.75) is 121 Å². The van der Waals surface area contributed by atoms with Crippen LogP contribution in [-0.4, -0.2) is 75.4 Å². The van der Waals surface area contributed by atoms with Gasteiger partial charge in [0.15, 0.2) is 6.29 Å². The second-order valence-electron chi connectivity index (χ2n) is 13.5. The van der Waals surface area contributed by atoms with E-state index in [1.54, 1.807) is 13.0 Å². The van der Waals surface area contributed by atoms with Gasteiger partial charge < -0.3 is 34.6 Å². The molecule has 6 rings (SSSR count). The summed E-state index contributed by atoms with van der Waals surface area (Å²) in [6.07, 6.45) is 4.88. The molecule has 0 aromatic carbocycles. The molecule has 4 aliphatic carbocycles. The van der Waals surface area contributed by atoms with Crippen molar-refractivity contribution >= 4 is 5.97 Å². The Morgan fingerprint density at radius 3 is 2.46 bits per heavy atom. The summed E-state index contributed by atoms with van der Waals surface area (Å²) in [4.78, 5) is 11.8. The van der Waals surface area contributed by atoms with Crippen LogP contribution in [0.1, 0.15) is 78.6 Å². The Bertz CT molecular complexity index is 952. The summed E-state index contributed by atoms with van der Waals surface area (Å²) in [5, 5.41) is 43.0. The Labute approximate surface area is 219 Å². The molecule has 8 heteroatoms. The first kappa shape index (κ1) is 26.2. The standard InChI is InChI=1S/C29H44O8/c1-15-23(31)24(32)25(33)26(36-15)37-18-6-9-27(2)17(13-18)4-5-21-20(27)7-10-28(3)19(8-11-29(21,28)34)16-12-22(30)35-14-16/h12,15,17-21,23-26,31-34H,4-11,13-14H2,1-3H3/t15-,17?,18-,19+,20?,21+,23-,24+,25+,26-,27-,28+,29-/m0/s1. The van der Waals surface area contributed by atoms with Crippen molar-refractivity contribution in [1.82, 2.24) is 0 Å². The van der Waals surface area contributed by atoms with Crippen LogP contribution in [0.5, 0.6) is 0 Å².